The lowest BCUT2D eigenvalue weighted by Gasteiger charge is -2.12. The van der Waals surface area contributed by atoms with E-state index in [1.54, 1.807) is 24.3 Å². The molecule has 0 radical (unpaired) electrons. The average Bonchev–Trinajstić information content (AvgIpc) is 2.61. The zero-order chi connectivity index (χ0) is 18.2. The van der Waals surface area contributed by atoms with Gasteiger partial charge in [-0.3, -0.25) is 9.59 Å². The minimum atomic E-state index is -0.137. The number of para-hydroxylation sites is 1. The van der Waals surface area contributed by atoms with Gasteiger partial charge in [0, 0.05) is 29.4 Å². The van der Waals surface area contributed by atoms with Crippen molar-refractivity contribution in [3.63, 3.8) is 0 Å². The number of rotatable bonds is 7. The van der Waals surface area contributed by atoms with Crippen molar-refractivity contribution < 1.29 is 9.59 Å². The van der Waals surface area contributed by atoms with Crippen LogP contribution in [-0.4, -0.2) is 17.9 Å². The number of carbonyl (C=O) groups excluding carboxylic acids is 2. The molecular weight excluding hydrogens is 314 g/mol. The number of benzene rings is 2. The van der Waals surface area contributed by atoms with Crippen molar-refractivity contribution in [2.75, 3.05) is 11.1 Å². The average molecular weight is 339 g/mol. The Morgan fingerprint density at radius 1 is 1.12 bits per heavy atom. The van der Waals surface area contributed by atoms with E-state index in [4.69, 9.17) is 5.73 Å². The first-order valence-corrected chi connectivity index (χ1v) is 8.53. The number of nitrogens with one attached hydrogen (secondary N) is 2. The standard InChI is InChI=1S/C20H25N3O2/c1-3-14(2)22-20(25)16-8-6-9-17(13-16)23-19(24)12-11-15-7-4-5-10-18(15)21/h4-10,13-14H,3,11-12,21H2,1-2H3,(H,22,25)(H,23,24). The number of nitrogens with two attached hydrogens (primary N) is 1. The molecule has 1 unspecified atom stereocenters. The number of nitrogen functional groups attached to an aromatic ring is 1. The van der Waals surface area contributed by atoms with Crippen LogP contribution in [0.4, 0.5) is 11.4 Å². The highest BCUT2D eigenvalue weighted by Gasteiger charge is 2.10. The number of anilines is 2. The molecule has 1 atom stereocenters. The Morgan fingerprint density at radius 2 is 1.88 bits per heavy atom. The number of hydrogen-bond acceptors (Lipinski definition) is 3. The summed E-state index contributed by atoms with van der Waals surface area (Å²) >= 11 is 0. The Balaban J connectivity index is 1.93. The van der Waals surface area contributed by atoms with E-state index in [9.17, 15) is 9.59 Å². The smallest absolute Gasteiger partial charge is 0.251 e. The molecule has 2 amide bonds. The third-order valence-electron chi connectivity index (χ3n) is 4.07. The number of amides is 2. The lowest BCUT2D eigenvalue weighted by atomic mass is 10.1. The second-order valence-corrected chi connectivity index (χ2v) is 6.11. The number of hydrogen-bond donors (Lipinski definition) is 3. The summed E-state index contributed by atoms with van der Waals surface area (Å²) in [5.41, 5.74) is 8.69. The van der Waals surface area contributed by atoms with Gasteiger partial charge in [0.05, 0.1) is 0 Å². The van der Waals surface area contributed by atoms with Gasteiger partial charge in [-0.05, 0) is 49.6 Å². The fourth-order valence-corrected chi connectivity index (χ4v) is 2.38. The van der Waals surface area contributed by atoms with Gasteiger partial charge in [-0.1, -0.05) is 31.2 Å². The van der Waals surface area contributed by atoms with E-state index in [0.717, 1.165) is 12.0 Å². The first-order chi connectivity index (χ1) is 12.0. The van der Waals surface area contributed by atoms with Crippen molar-refractivity contribution in [3.05, 3.63) is 59.7 Å². The predicted molar refractivity (Wildman–Crippen MR) is 101 cm³/mol. The Labute approximate surface area is 148 Å². The molecule has 0 heterocycles. The lowest BCUT2D eigenvalue weighted by Crippen LogP contribution is -2.31. The molecule has 0 aliphatic rings. The van der Waals surface area contributed by atoms with Crippen molar-refractivity contribution in [2.45, 2.75) is 39.2 Å². The van der Waals surface area contributed by atoms with Gasteiger partial charge in [0.15, 0.2) is 0 Å². The second-order valence-electron chi connectivity index (χ2n) is 6.11. The fraction of sp³-hybridized carbons (Fsp3) is 0.300. The van der Waals surface area contributed by atoms with E-state index in [1.165, 1.54) is 0 Å². The Bertz CT molecular complexity index is 743. The summed E-state index contributed by atoms with van der Waals surface area (Å²) in [7, 11) is 0. The van der Waals surface area contributed by atoms with Crippen LogP contribution in [-0.2, 0) is 11.2 Å². The maximum atomic E-state index is 12.2. The molecule has 0 saturated heterocycles. The Kier molecular flexibility index (Phi) is 6.57. The molecule has 2 aromatic rings. The summed E-state index contributed by atoms with van der Waals surface area (Å²) in [6.45, 7) is 3.97. The van der Waals surface area contributed by atoms with Crippen LogP contribution >= 0.6 is 0 Å². The molecule has 25 heavy (non-hydrogen) atoms. The monoisotopic (exact) mass is 339 g/mol. The lowest BCUT2D eigenvalue weighted by molar-refractivity contribution is -0.116. The summed E-state index contributed by atoms with van der Waals surface area (Å²) in [5.74, 6) is -0.245. The van der Waals surface area contributed by atoms with E-state index in [0.29, 0.717) is 29.8 Å². The summed E-state index contributed by atoms with van der Waals surface area (Å²) in [6.07, 6.45) is 1.77. The normalized spacial score (nSPS) is 11.6. The molecule has 2 rings (SSSR count). The van der Waals surface area contributed by atoms with Gasteiger partial charge < -0.3 is 16.4 Å². The molecule has 132 valence electrons. The highest BCUT2D eigenvalue weighted by atomic mass is 16.2. The number of carbonyl (C=O) groups is 2. The van der Waals surface area contributed by atoms with E-state index >= 15 is 0 Å². The molecule has 0 fully saturated rings. The number of aryl methyl sites for hydroxylation is 1. The van der Waals surface area contributed by atoms with Crippen LogP contribution in [0.2, 0.25) is 0 Å². The van der Waals surface area contributed by atoms with Crippen LogP contribution < -0.4 is 16.4 Å². The van der Waals surface area contributed by atoms with Crippen LogP contribution in [0.15, 0.2) is 48.5 Å². The van der Waals surface area contributed by atoms with E-state index in [2.05, 4.69) is 10.6 Å². The zero-order valence-electron chi connectivity index (χ0n) is 14.7. The van der Waals surface area contributed by atoms with Gasteiger partial charge in [-0.15, -0.1) is 0 Å². The highest BCUT2D eigenvalue weighted by molar-refractivity contribution is 5.97. The molecule has 0 spiro atoms. The molecule has 2 aromatic carbocycles. The Hall–Kier alpha value is -2.82. The van der Waals surface area contributed by atoms with Crippen molar-refractivity contribution in [1.29, 1.82) is 0 Å². The largest absolute Gasteiger partial charge is 0.399 e. The summed E-state index contributed by atoms with van der Waals surface area (Å²) in [5, 5.41) is 5.75. The second kappa shape index (κ2) is 8.87. The molecule has 5 heteroatoms. The van der Waals surface area contributed by atoms with E-state index in [1.807, 2.05) is 38.1 Å². The van der Waals surface area contributed by atoms with Crippen LogP contribution in [0.3, 0.4) is 0 Å². The van der Waals surface area contributed by atoms with Gasteiger partial charge in [-0.2, -0.15) is 0 Å². The molecular formula is C20H25N3O2. The SMILES string of the molecule is CCC(C)NC(=O)c1cccc(NC(=O)CCc2ccccc2N)c1. The fourth-order valence-electron chi connectivity index (χ4n) is 2.38. The van der Waals surface area contributed by atoms with Crippen molar-refractivity contribution in [3.8, 4) is 0 Å². The van der Waals surface area contributed by atoms with E-state index in [-0.39, 0.29) is 17.9 Å². The molecule has 0 aliphatic heterocycles. The summed E-state index contributed by atoms with van der Waals surface area (Å²) in [6, 6.07) is 14.6. The van der Waals surface area contributed by atoms with Crippen LogP contribution in [0.5, 0.6) is 0 Å². The van der Waals surface area contributed by atoms with Crippen LogP contribution in [0.25, 0.3) is 0 Å². The molecule has 0 bridgehead atoms. The molecule has 0 aliphatic carbocycles. The minimum absolute atomic E-state index is 0.109. The first-order valence-electron chi connectivity index (χ1n) is 8.53. The third kappa shape index (κ3) is 5.64. The maximum Gasteiger partial charge on any atom is 0.251 e. The quantitative estimate of drug-likeness (QED) is 0.676. The van der Waals surface area contributed by atoms with Gasteiger partial charge in [-0.25, -0.2) is 0 Å². The predicted octanol–water partition coefficient (Wildman–Crippen LogP) is 3.37. The van der Waals surface area contributed by atoms with Crippen LogP contribution in [0, 0.1) is 0 Å². The Morgan fingerprint density at radius 3 is 2.60 bits per heavy atom. The summed E-state index contributed by atoms with van der Waals surface area (Å²) in [4.78, 5) is 24.3. The maximum absolute atomic E-state index is 12.2. The minimum Gasteiger partial charge on any atom is -0.399 e. The molecule has 0 aromatic heterocycles. The molecule has 5 nitrogen and oxygen atoms in total. The van der Waals surface area contributed by atoms with Crippen molar-refractivity contribution in [1.82, 2.24) is 5.32 Å². The molecule has 4 N–H and O–H groups in total. The van der Waals surface area contributed by atoms with E-state index < -0.39 is 0 Å². The highest BCUT2D eigenvalue weighted by Crippen LogP contribution is 2.15. The van der Waals surface area contributed by atoms with Gasteiger partial charge in [0.2, 0.25) is 5.91 Å². The van der Waals surface area contributed by atoms with Crippen molar-refractivity contribution >= 4 is 23.2 Å². The topological polar surface area (TPSA) is 84.2 Å². The first kappa shape index (κ1) is 18.5. The molecule has 0 saturated carbocycles. The van der Waals surface area contributed by atoms with Gasteiger partial charge in [0.25, 0.3) is 5.91 Å². The van der Waals surface area contributed by atoms with Crippen molar-refractivity contribution in [2.24, 2.45) is 0 Å². The summed E-state index contributed by atoms with van der Waals surface area (Å²) < 4.78 is 0. The van der Waals surface area contributed by atoms with Gasteiger partial charge in [0.1, 0.15) is 0 Å². The third-order valence-corrected chi connectivity index (χ3v) is 4.07. The van der Waals surface area contributed by atoms with Crippen LogP contribution in [0.1, 0.15) is 42.6 Å². The van der Waals surface area contributed by atoms with Gasteiger partial charge >= 0.3 is 0 Å². The zero-order valence-corrected chi connectivity index (χ0v) is 14.7.